The Morgan fingerprint density at radius 1 is 1.12 bits per heavy atom. The number of rotatable bonds is 7. The van der Waals surface area contributed by atoms with Crippen molar-refractivity contribution in [2.45, 2.75) is 30.3 Å². The monoisotopic (exact) mass is 487 g/mol. The van der Waals surface area contributed by atoms with Crippen LogP contribution < -0.4 is 9.64 Å². The first-order valence-electron chi connectivity index (χ1n) is 10.3. The molecule has 0 fully saturated rings. The number of benzene rings is 3. The molecule has 3 aromatic carbocycles. The molecule has 5 nitrogen and oxygen atoms in total. The van der Waals surface area contributed by atoms with E-state index < -0.39 is 24.3 Å². The van der Waals surface area contributed by atoms with Gasteiger partial charge < -0.3 is 14.7 Å². The van der Waals surface area contributed by atoms with E-state index in [1.807, 2.05) is 25.1 Å². The fourth-order valence-corrected chi connectivity index (χ4v) is 4.76. The van der Waals surface area contributed by atoms with Crippen LogP contribution >= 0.6 is 11.8 Å². The molecular formula is C25H20F3NO4S. The minimum absolute atomic E-state index is 0.239. The van der Waals surface area contributed by atoms with Gasteiger partial charge in [-0.25, -0.2) is 4.79 Å². The first-order chi connectivity index (χ1) is 16.1. The van der Waals surface area contributed by atoms with Crippen LogP contribution in [0.3, 0.4) is 0 Å². The van der Waals surface area contributed by atoms with Gasteiger partial charge in [-0.1, -0.05) is 12.1 Å². The van der Waals surface area contributed by atoms with Gasteiger partial charge in [0.2, 0.25) is 0 Å². The van der Waals surface area contributed by atoms with Gasteiger partial charge in [0.05, 0.1) is 12.1 Å². The molecule has 0 aromatic heterocycles. The van der Waals surface area contributed by atoms with E-state index in [0.29, 0.717) is 22.8 Å². The summed E-state index contributed by atoms with van der Waals surface area (Å²) in [5.41, 5.74) is 2.85. The molecule has 0 spiro atoms. The molecule has 1 heterocycles. The van der Waals surface area contributed by atoms with Gasteiger partial charge >= 0.3 is 12.1 Å². The number of aliphatic carboxylic acids is 1. The van der Waals surface area contributed by atoms with Crippen molar-refractivity contribution in [3.05, 3.63) is 88.5 Å². The molecule has 0 atom stereocenters. The average Bonchev–Trinajstić information content (AvgIpc) is 3.13. The van der Waals surface area contributed by atoms with Gasteiger partial charge in [-0.05, 0) is 72.1 Å². The molecule has 34 heavy (non-hydrogen) atoms. The molecule has 1 aliphatic heterocycles. The zero-order valence-electron chi connectivity index (χ0n) is 18.1. The molecule has 9 heteroatoms. The van der Waals surface area contributed by atoms with Gasteiger partial charge in [0.15, 0.2) is 6.61 Å². The van der Waals surface area contributed by atoms with Crippen molar-refractivity contribution >= 4 is 29.3 Å². The highest BCUT2D eigenvalue weighted by Gasteiger charge is 2.33. The van der Waals surface area contributed by atoms with Crippen LogP contribution in [0.5, 0.6) is 5.75 Å². The predicted octanol–water partition coefficient (Wildman–Crippen LogP) is 5.93. The van der Waals surface area contributed by atoms with E-state index >= 15 is 0 Å². The lowest BCUT2D eigenvalue weighted by molar-refractivity contribution is -0.139. The summed E-state index contributed by atoms with van der Waals surface area (Å²) in [4.78, 5) is 26.1. The smallest absolute Gasteiger partial charge is 0.416 e. The van der Waals surface area contributed by atoms with Gasteiger partial charge in [-0.2, -0.15) is 13.2 Å². The molecule has 3 aromatic rings. The Morgan fingerprint density at radius 2 is 1.85 bits per heavy atom. The first kappa shape index (κ1) is 23.7. The maximum Gasteiger partial charge on any atom is 0.416 e. The maximum absolute atomic E-state index is 12.9. The summed E-state index contributed by atoms with van der Waals surface area (Å²) in [6, 6.07) is 15.5. The summed E-state index contributed by atoms with van der Waals surface area (Å²) in [6.45, 7) is 1.71. The largest absolute Gasteiger partial charge is 0.482 e. The Bertz CT molecular complexity index is 1240. The summed E-state index contributed by atoms with van der Waals surface area (Å²) in [6.07, 6.45) is -4.43. The van der Waals surface area contributed by atoms with E-state index in [0.717, 1.165) is 33.7 Å². The Kier molecular flexibility index (Phi) is 6.56. The summed E-state index contributed by atoms with van der Waals surface area (Å²) in [5, 5.41) is 8.76. The molecule has 4 rings (SSSR count). The zero-order valence-corrected chi connectivity index (χ0v) is 18.9. The molecule has 176 valence electrons. The molecule has 1 N–H and O–H groups in total. The van der Waals surface area contributed by atoms with Gasteiger partial charge in [-0.3, -0.25) is 4.79 Å². The number of amides is 1. The van der Waals surface area contributed by atoms with Crippen LogP contribution in [0.4, 0.5) is 18.9 Å². The van der Waals surface area contributed by atoms with Crippen LogP contribution in [-0.2, 0) is 23.3 Å². The molecular weight excluding hydrogens is 467 g/mol. The quantitative estimate of drug-likeness (QED) is 0.419. The van der Waals surface area contributed by atoms with E-state index in [1.165, 1.54) is 17.0 Å². The van der Waals surface area contributed by atoms with Crippen molar-refractivity contribution in [2.75, 3.05) is 11.5 Å². The highest BCUT2D eigenvalue weighted by atomic mass is 32.2. The van der Waals surface area contributed by atoms with E-state index in [9.17, 15) is 22.8 Å². The Morgan fingerprint density at radius 3 is 2.50 bits per heavy atom. The lowest BCUT2D eigenvalue weighted by Crippen LogP contribution is -2.23. The third-order valence-corrected chi connectivity index (χ3v) is 6.51. The molecule has 0 aliphatic carbocycles. The van der Waals surface area contributed by atoms with Gasteiger partial charge in [0.1, 0.15) is 5.75 Å². The summed E-state index contributed by atoms with van der Waals surface area (Å²) >= 11 is 1.56. The maximum atomic E-state index is 12.9. The SMILES string of the molecule is Cc1cc(SCc2cccc3c2CN(c2ccc(C(F)(F)F)cc2)C3=O)ccc1OCC(=O)O. The van der Waals surface area contributed by atoms with Crippen molar-refractivity contribution < 1.29 is 32.6 Å². The molecule has 1 amide bonds. The molecule has 0 radical (unpaired) electrons. The van der Waals surface area contributed by atoms with E-state index in [2.05, 4.69) is 0 Å². The Hall–Kier alpha value is -3.46. The van der Waals surface area contributed by atoms with Gasteiger partial charge in [-0.15, -0.1) is 11.8 Å². The number of thioether (sulfide) groups is 1. The fourth-order valence-electron chi connectivity index (χ4n) is 3.75. The van der Waals surface area contributed by atoms with Crippen LogP contribution in [0.1, 0.15) is 32.6 Å². The van der Waals surface area contributed by atoms with Crippen molar-refractivity contribution in [3.8, 4) is 5.75 Å². The fraction of sp³-hybridized carbons (Fsp3) is 0.200. The molecule has 1 aliphatic rings. The van der Waals surface area contributed by atoms with Crippen molar-refractivity contribution in [1.82, 2.24) is 0 Å². The number of carboxylic acid groups (broad SMARTS) is 1. The molecule has 0 saturated heterocycles. The number of hydrogen-bond donors (Lipinski definition) is 1. The number of fused-ring (bicyclic) bond motifs is 1. The van der Waals surface area contributed by atoms with Crippen LogP contribution in [0, 0.1) is 6.92 Å². The number of hydrogen-bond acceptors (Lipinski definition) is 4. The highest BCUT2D eigenvalue weighted by Crippen LogP contribution is 2.36. The van der Waals surface area contributed by atoms with E-state index in [4.69, 9.17) is 9.84 Å². The Balaban J connectivity index is 1.48. The second kappa shape index (κ2) is 9.42. The number of nitrogens with zero attached hydrogens (tertiary/aromatic N) is 1. The lowest BCUT2D eigenvalue weighted by Gasteiger charge is -2.17. The third-order valence-electron chi connectivity index (χ3n) is 5.46. The number of aryl methyl sites for hydroxylation is 1. The number of carbonyl (C=O) groups excluding carboxylic acids is 1. The van der Waals surface area contributed by atoms with Crippen molar-refractivity contribution in [2.24, 2.45) is 0 Å². The second-order valence-electron chi connectivity index (χ2n) is 7.78. The lowest BCUT2D eigenvalue weighted by atomic mass is 10.0. The van der Waals surface area contributed by atoms with Crippen molar-refractivity contribution in [3.63, 3.8) is 0 Å². The number of ether oxygens (including phenoxy) is 1. The minimum atomic E-state index is -4.43. The van der Waals surface area contributed by atoms with Crippen LogP contribution in [0.15, 0.2) is 65.6 Å². The van der Waals surface area contributed by atoms with Gasteiger partial charge in [0.25, 0.3) is 5.91 Å². The zero-order chi connectivity index (χ0) is 24.5. The highest BCUT2D eigenvalue weighted by molar-refractivity contribution is 7.98. The minimum Gasteiger partial charge on any atom is -0.482 e. The third kappa shape index (κ3) is 5.04. The molecule has 0 unspecified atom stereocenters. The first-order valence-corrected chi connectivity index (χ1v) is 11.3. The number of halogens is 3. The van der Waals surface area contributed by atoms with Gasteiger partial charge in [0, 0.05) is 21.9 Å². The van der Waals surface area contributed by atoms with Crippen LogP contribution in [0.25, 0.3) is 0 Å². The van der Waals surface area contributed by atoms with E-state index in [1.54, 1.807) is 30.0 Å². The molecule has 0 saturated carbocycles. The normalized spacial score (nSPS) is 13.2. The Labute approximate surface area is 198 Å². The van der Waals surface area contributed by atoms with Crippen molar-refractivity contribution in [1.29, 1.82) is 0 Å². The predicted molar refractivity (Wildman–Crippen MR) is 122 cm³/mol. The number of anilines is 1. The van der Waals surface area contributed by atoms with E-state index in [-0.39, 0.29) is 12.5 Å². The number of carbonyl (C=O) groups is 2. The average molecular weight is 487 g/mol. The topological polar surface area (TPSA) is 66.8 Å². The molecule has 0 bridgehead atoms. The number of carboxylic acids is 1. The van der Waals surface area contributed by atoms with Crippen LogP contribution in [0.2, 0.25) is 0 Å². The second-order valence-corrected chi connectivity index (χ2v) is 8.83. The summed E-state index contributed by atoms with van der Waals surface area (Å²) in [7, 11) is 0. The summed E-state index contributed by atoms with van der Waals surface area (Å²) < 4.78 is 43.9. The van der Waals surface area contributed by atoms with Crippen LogP contribution in [-0.4, -0.2) is 23.6 Å². The summed E-state index contributed by atoms with van der Waals surface area (Å²) in [5.74, 6) is -0.190. The standard InChI is InChI=1S/C25H20F3NO4S/c1-15-11-19(9-10-22(15)33-13-23(30)31)34-14-16-3-2-4-20-21(16)12-29(24(20)32)18-7-5-17(6-8-18)25(26,27)28/h2-11H,12-14H2,1H3,(H,30,31). The number of alkyl halides is 3.